The van der Waals surface area contributed by atoms with Crippen LogP contribution in [-0.4, -0.2) is 47.7 Å². The number of carboxylic acids is 1. The lowest BCUT2D eigenvalue weighted by molar-refractivity contribution is -0.136. The predicted octanol–water partition coefficient (Wildman–Crippen LogP) is 1.17. The second-order valence-corrected chi connectivity index (χ2v) is 5.80. The molecule has 0 amide bonds. The van der Waals surface area contributed by atoms with Crippen molar-refractivity contribution >= 4 is 5.97 Å². The van der Waals surface area contributed by atoms with Crippen molar-refractivity contribution in [3.63, 3.8) is 0 Å². The first-order valence-electron chi connectivity index (χ1n) is 6.77. The van der Waals surface area contributed by atoms with Gasteiger partial charge in [0.25, 0.3) is 0 Å². The largest absolute Gasteiger partial charge is 0.480 e. The number of nitrogens with zero attached hydrogens (tertiary/aromatic N) is 1. The molecule has 0 spiro atoms. The summed E-state index contributed by atoms with van der Waals surface area (Å²) in [4.78, 5) is 13.2. The number of carboxylic acid groups (broad SMARTS) is 1. The van der Waals surface area contributed by atoms with Gasteiger partial charge in [0.2, 0.25) is 0 Å². The minimum Gasteiger partial charge on any atom is -0.480 e. The van der Waals surface area contributed by atoms with Crippen LogP contribution in [0.2, 0.25) is 0 Å². The van der Waals surface area contributed by atoms with E-state index < -0.39 is 5.97 Å². The highest BCUT2D eigenvalue weighted by molar-refractivity contribution is 5.69. The summed E-state index contributed by atoms with van der Waals surface area (Å²) < 4.78 is 0. The van der Waals surface area contributed by atoms with Crippen molar-refractivity contribution < 1.29 is 9.90 Å². The first kappa shape index (κ1) is 12.8. The molecular formula is C13H24N2O2. The minimum atomic E-state index is -0.741. The van der Waals surface area contributed by atoms with E-state index in [9.17, 15) is 4.79 Å². The van der Waals surface area contributed by atoms with E-state index in [0.717, 1.165) is 13.1 Å². The van der Waals surface area contributed by atoms with Gasteiger partial charge in [-0.05, 0) is 38.5 Å². The molecule has 2 bridgehead atoms. The molecule has 1 saturated heterocycles. The van der Waals surface area contributed by atoms with Crippen molar-refractivity contribution in [1.29, 1.82) is 0 Å². The van der Waals surface area contributed by atoms with Gasteiger partial charge in [-0.25, -0.2) is 0 Å². The Hall–Kier alpha value is -0.610. The molecule has 4 heteroatoms. The van der Waals surface area contributed by atoms with Gasteiger partial charge in [-0.3, -0.25) is 4.79 Å². The summed E-state index contributed by atoms with van der Waals surface area (Å²) in [5, 5.41) is 12.0. The van der Waals surface area contributed by atoms with Crippen molar-refractivity contribution in [2.75, 3.05) is 19.6 Å². The summed E-state index contributed by atoms with van der Waals surface area (Å²) in [6.07, 6.45) is 3.81. The molecule has 2 atom stereocenters. The van der Waals surface area contributed by atoms with Crippen LogP contribution in [0, 0.1) is 11.8 Å². The number of hydrogen-bond acceptors (Lipinski definition) is 3. The van der Waals surface area contributed by atoms with Crippen molar-refractivity contribution in [2.45, 2.75) is 45.2 Å². The van der Waals surface area contributed by atoms with Crippen LogP contribution in [0.3, 0.4) is 0 Å². The van der Waals surface area contributed by atoms with E-state index in [0.29, 0.717) is 23.9 Å². The normalized spacial score (nSPS) is 33.9. The highest BCUT2D eigenvalue weighted by atomic mass is 16.4. The first-order valence-corrected chi connectivity index (χ1v) is 6.77. The summed E-state index contributed by atoms with van der Waals surface area (Å²) in [5.41, 5.74) is 0. The van der Waals surface area contributed by atoms with E-state index in [1.807, 2.05) is 0 Å². The second-order valence-electron chi connectivity index (χ2n) is 5.80. The van der Waals surface area contributed by atoms with Gasteiger partial charge in [-0.1, -0.05) is 6.42 Å². The smallest absolute Gasteiger partial charge is 0.317 e. The Balaban J connectivity index is 1.97. The molecule has 1 heterocycles. The Morgan fingerprint density at radius 1 is 1.35 bits per heavy atom. The van der Waals surface area contributed by atoms with E-state index in [-0.39, 0.29) is 6.54 Å². The number of rotatable bonds is 4. The standard InChI is InChI=1S/C13H24N2O2/c1-9(2)15-7-10-4-3-5-11(8-15)13(10)14-6-12(16)17/h9-11,13-14H,3-8H2,1-2H3,(H,16,17). The van der Waals surface area contributed by atoms with Crippen molar-refractivity contribution in [2.24, 2.45) is 11.8 Å². The predicted molar refractivity (Wildman–Crippen MR) is 67.0 cm³/mol. The Morgan fingerprint density at radius 3 is 2.41 bits per heavy atom. The van der Waals surface area contributed by atoms with E-state index in [4.69, 9.17) is 5.11 Å². The Kier molecular flexibility index (Phi) is 4.05. The van der Waals surface area contributed by atoms with E-state index >= 15 is 0 Å². The zero-order valence-electron chi connectivity index (χ0n) is 10.9. The highest BCUT2D eigenvalue weighted by Crippen LogP contribution is 2.35. The van der Waals surface area contributed by atoms with E-state index in [2.05, 4.69) is 24.1 Å². The summed E-state index contributed by atoms with van der Waals surface area (Å²) in [7, 11) is 0. The van der Waals surface area contributed by atoms with Gasteiger partial charge < -0.3 is 15.3 Å². The van der Waals surface area contributed by atoms with Gasteiger partial charge in [-0.15, -0.1) is 0 Å². The number of nitrogens with one attached hydrogen (secondary N) is 1. The Morgan fingerprint density at radius 2 is 1.94 bits per heavy atom. The molecule has 0 aromatic heterocycles. The van der Waals surface area contributed by atoms with Gasteiger partial charge in [-0.2, -0.15) is 0 Å². The third kappa shape index (κ3) is 2.99. The minimum absolute atomic E-state index is 0.110. The molecule has 2 unspecified atom stereocenters. The van der Waals surface area contributed by atoms with Crippen molar-refractivity contribution in [1.82, 2.24) is 10.2 Å². The molecule has 2 N–H and O–H groups in total. The maximum absolute atomic E-state index is 10.7. The molecule has 98 valence electrons. The van der Waals surface area contributed by atoms with Gasteiger partial charge >= 0.3 is 5.97 Å². The fraction of sp³-hybridized carbons (Fsp3) is 0.923. The monoisotopic (exact) mass is 240 g/mol. The third-order valence-corrected chi connectivity index (χ3v) is 4.32. The number of likely N-dealkylation sites (tertiary alicyclic amines) is 1. The van der Waals surface area contributed by atoms with Crippen LogP contribution >= 0.6 is 0 Å². The molecule has 2 rings (SSSR count). The fourth-order valence-corrected chi connectivity index (χ4v) is 3.43. The molecule has 2 aliphatic rings. The number of hydrogen-bond donors (Lipinski definition) is 2. The fourth-order valence-electron chi connectivity index (χ4n) is 3.43. The highest BCUT2D eigenvalue weighted by Gasteiger charge is 2.39. The van der Waals surface area contributed by atoms with Crippen molar-refractivity contribution in [3.8, 4) is 0 Å². The molecule has 0 radical (unpaired) electrons. The second kappa shape index (κ2) is 5.36. The lowest BCUT2D eigenvalue weighted by atomic mass is 9.73. The average molecular weight is 240 g/mol. The molecule has 2 fully saturated rings. The lowest BCUT2D eigenvalue weighted by Crippen LogP contribution is -2.58. The molecular weight excluding hydrogens is 216 g/mol. The zero-order valence-corrected chi connectivity index (χ0v) is 10.9. The van der Waals surface area contributed by atoms with Crippen LogP contribution < -0.4 is 5.32 Å². The van der Waals surface area contributed by atoms with Gasteiger partial charge in [0.1, 0.15) is 0 Å². The maximum atomic E-state index is 10.7. The van der Waals surface area contributed by atoms with Crippen LogP contribution in [0.15, 0.2) is 0 Å². The number of fused-ring (bicyclic) bond motifs is 2. The van der Waals surface area contributed by atoms with Crippen LogP contribution in [-0.2, 0) is 4.79 Å². The Bertz CT molecular complexity index is 267. The maximum Gasteiger partial charge on any atom is 0.317 e. The van der Waals surface area contributed by atoms with Crippen LogP contribution in [0.25, 0.3) is 0 Å². The Labute approximate surface area is 103 Å². The van der Waals surface area contributed by atoms with Gasteiger partial charge in [0.15, 0.2) is 0 Å². The molecule has 1 aliphatic heterocycles. The van der Waals surface area contributed by atoms with Crippen LogP contribution in [0.4, 0.5) is 0 Å². The quantitative estimate of drug-likeness (QED) is 0.774. The van der Waals surface area contributed by atoms with E-state index in [1.54, 1.807) is 0 Å². The average Bonchev–Trinajstić information content (AvgIpc) is 2.24. The first-order chi connectivity index (χ1) is 8.08. The third-order valence-electron chi connectivity index (χ3n) is 4.32. The zero-order chi connectivity index (χ0) is 12.4. The SMILES string of the molecule is CC(C)N1CC2CCCC(C1)C2NCC(=O)O. The molecule has 17 heavy (non-hydrogen) atoms. The van der Waals surface area contributed by atoms with Crippen LogP contribution in [0.5, 0.6) is 0 Å². The lowest BCUT2D eigenvalue weighted by Gasteiger charge is -2.49. The summed E-state index contributed by atoms with van der Waals surface area (Å²) in [5.74, 6) is 0.544. The van der Waals surface area contributed by atoms with Gasteiger partial charge in [0.05, 0.1) is 6.54 Å². The van der Waals surface area contributed by atoms with E-state index in [1.165, 1.54) is 19.3 Å². The van der Waals surface area contributed by atoms with Crippen molar-refractivity contribution in [3.05, 3.63) is 0 Å². The summed E-state index contributed by atoms with van der Waals surface area (Å²) in [6.45, 7) is 6.87. The topological polar surface area (TPSA) is 52.6 Å². The molecule has 1 aliphatic carbocycles. The summed E-state index contributed by atoms with van der Waals surface area (Å²) in [6, 6.07) is 1.04. The molecule has 0 aromatic rings. The molecule has 4 nitrogen and oxygen atoms in total. The van der Waals surface area contributed by atoms with Gasteiger partial charge in [0, 0.05) is 25.2 Å². The number of piperidine rings is 1. The molecule has 1 saturated carbocycles. The number of aliphatic carboxylic acids is 1. The summed E-state index contributed by atoms with van der Waals surface area (Å²) >= 11 is 0. The number of carbonyl (C=O) groups is 1. The van der Waals surface area contributed by atoms with Crippen LogP contribution in [0.1, 0.15) is 33.1 Å². The molecule has 0 aromatic carbocycles.